The van der Waals surface area contributed by atoms with Gasteiger partial charge in [-0.3, -0.25) is 0 Å². The number of hydrogen-bond acceptors (Lipinski definition) is 9. The fraction of sp³-hybridized carbons (Fsp3) is 0.333. The van der Waals surface area contributed by atoms with Crippen molar-refractivity contribution in [3.05, 3.63) is 24.3 Å². The number of rotatable bonds is 7. The lowest BCUT2D eigenvalue weighted by atomic mass is 10.5. The molecule has 3 heterocycles. The summed E-state index contributed by atoms with van der Waals surface area (Å²) in [5.74, 6) is 2.04. The number of hydrogen-bond donors (Lipinski definition) is 1. The average Bonchev–Trinajstić information content (AvgIpc) is 3.22. The second-order valence-electron chi connectivity index (χ2n) is 4.07. The molecule has 0 bridgehead atoms. The normalized spacial score (nSPS) is 10.9. The highest BCUT2D eigenvalue weighted by Gasteiger charge is 2.12. The van der Waals surface area contributed by atoms with Crippen LogP contribution in [0.5, 0.6) is 0 Å². The molecule has 0 aromatic carbocycles. The zero-order valence-corrected chi connectivity index (χ0v) is 12.9. The van der Waals surface area contributed by atoms with Gasteiger partial charge in [0, 0.05) is 6.54 Å². The topological polar surface area (TPSA) is 89.9 Å². The lowest BCUT2D eigenvalue weighted by Crippen LogP contribution is -1.98. The monoisotopic (exact) mass is 323 g/mol. The third-order valence-electron chi connectivity index (χ3n) is 2.45. The summed E-state index contributed by atoms with van der Waals surface area (Å²) in [5, 5.41) is 20.1. The second kappa shape index (κ2) is 6.72. The first-order valence-electron chi connectivity index (χ1n) is 6.41. The van der Waals surface area contributed by atoms with Gasteiger partial charge in [-0.05, 0) is 18.6 Å². The molecule has 21 heavy (non-hydrogen) atoms. The van der Waals surface area contributed by atoms with E-state index in [-0.39, 0.29) is 0 Å². The van der Waals surface area contributed by atoms with Crippen molar-refractivity contribution in [3.8, 4) is 11.7 Å². The van der Waals surface area contributed by atoms with E-state index in [2.05, 4.69) is 32.6 Å². The van der Waals surface area contributed by atoms with Gasteiger partial charge in [-0.1, -0.05) is 30.0 Å². The minimum atomic E-state index is 0.387. The predicted octanol–water partition coefficient (Wildman–Crippen LogP) is 3.30. The van der Waals surface area contributed by atoms with Crippen LogP contribution in [0.1, 0.15) is 19.2 Å². The Hall–Kier alpha value is -1.87. The molecule has 3 aromatic rings. The van der Waals surface area contributed by atoms with Crippen molar-refractivity contribution in [1.29, 1.82) is 0 Å². The molecule has 7 nitrogen and oxygen atoms in total. The predicted molar refractivity (Wildman–Crippen MR) is 80.3 cm³/mol. The smallest absolute Gasteiger partial charge is 0.283 e. The molecular weight excluding hydrogens is 310 g/mol. The SMILES string of the molecule is CCCNc1nnc(SCc2nnc(-c3ccco3)o2)s1. The number of thioether (sulfide) groups is 1. The Bertz CT molecular complexity index is 679. The number of aromatic nitrogens is 4. The van der Waals surface area contributed by atoms with Crippen LogP contribution in [-0.2, 0) is 5.75 Å². The lowest BCUT2D eigenvalue weighted by molar-refractivity contribution is 0.494. The molecule has 0 amide bonds. The molecular formula is C12H13N5O2S2. The molecule has 0 aliphatic heterocycles. The van der Waals surface area contributed by atoms with Crippen molar-refractivity contribution in [2.24, 2.45) is 0 Å². The maximum absolute atomic E-state index is 5.53. The summed E-state index contributed by atoms with van der Waals surface area (Å²) in [7, 11) is 0. The van der Waals surface area contributed by atoms with Crippen LogP contribution in [0, 0.1) is 0 Å². The molecule has 0 saturated carbocycles. The van der Waals surface area contributed by atoms with E-state index >= 15 is 0 Å². The molecule has 0 atom stereocenters. The van der Waals surface area contributed by atoms with Crippen LogP contribution >= 0.6 is 23.1 Å². The summed E-state index contributed by atoms with van der Waals surface area (Å²) < 4.78 is 11.6. The first kappa shape index (κ1) is 14.1. The van der Waals surface area contributed by atoms with E-state index in [4.69, 9.17) is 8.83 Å². The van der Waals surface area contributed by atoms with Gasteiger partial charge in [-0.15, -0.1) is 20.4 Å². The Kier molecular flexibility index (Phi) is 4.51. The number of nitrogens with zero attached hydrogens (tertiary/aromatic N) is 4. The van der Waals surface area contributed by atoms with Crippen LogP contribution in [0.15, 0.2) is 31.6 Å². The molecule has 3 aromatic heterocycles. The van der Waals surface area contributed by atoms with E-state index in [1.54, 1.807) is 18.4 Å². The molecule has 0 radical (unpaired) electrons. The zero-order valence-electron chi connectivity index (χ0n) is 11.3. The maximum atomic E-state index is 5.53. The van der Waals surface area contributed by atoms with E-state index in [1.165, 1.54) is 23.1 Å². The summed E-state index contributed by atoms with van der Waals surface area (Å²) in [5.41, 5.74) is 0. The van der Waals surface area contributed by atoms with Gasteiger partial charge in [0.2, 0.25) is 11.0 Å². The van der Waals surface area contributed by atoms with E-state index < -0.39 is 0 Å². The molecule has 9 heteroatoms. The molecule has 0 fully saturated rings. The Morgan fingerprint density at radius 1 is 1.29 bits per heavy atom. The first-order chi connectivity index (χ1) is 10.3. The summed E-state index contributed by atoms with van der Waals surface area (Å²) in [6.45, 7) is 3.01. The van der Waals surface area contributed by atoms with Crippen LogP contribution < -0.4 is 5.32 Å². The quantitative estimate of drug-likeness (QED) is 0.662. The summed E-state index contributed by atoms with van der Waals surface area (Å²) in [6, 6.07) is 3.56. The fourth-order valence-corrected chi connectivity index (χ4v) is 3.12. The largest absolute Gasteiger partial charge is 0.459 e. The minimum Gasteiger partial charge on any atom is -0.459 e. The molecule has 0 spiro atoms. The van der Waals surface area contributed by atoms with E-state index in [0.29, 0.717) is 23.3 Å². The molecule has 0 saturated heterocycles. The van der Waals surface area contributed by atoms with Crippen molar-refractivity contribution in [1.82, 2.24) is 20.4 Å². The molecule has 0 aliphatic carbocycles. The Morgan fingerprint density at radius 3 is 3.05 bits per heavy atom. The third kappa shape index (κ3) is 3.61. The molecule has 0 unspecified atom stereocenters. The van der Waals surface area contributed by atoms with Gasteiger partial charge in [0.1, 0.15) is 0 Å². The highest BCUT2D eigenvalue weighted by atomic mass is 32.2. The zero-order chi connectivity index (χ0) is 14.5. The van der Waals surface area contributed by atoms with Gasteiger partial charge >= 0.3 is 0 Å². The maximum Gasteiger partial charge on any atom is 0.283 e. The number of anilines is 1. The van der Waals surface area contributed by atoms with Gasteiger partial charge in [0.25, 0.3) is 5.89 Å². The molecule has 3 rings (SSSR count). The highest BCUT2D eigenvalue weighted by molar-refractivity contribution is 8.00. The standard InChI is InChI=1S/C12H13N5O2S2/c1-2-5-13-11-16-17-12(21-11)20-7-9-14-15-10(19-9)8-4-3-6-18-8/h3-4,6H,2,5,7H2,1H3,(H,13,16). The van der Waals surface area contributed by atoms with E-state index in [1.807, 2.05) is 0 Å². The molecule has 0 aliphatic rings. The fourth-order valence-electron chi connectivity index (χ4n) is 1.51. The van der Waals surface area contributed by atoms with Gasteiger partial charge in [-0.25, -0.2) is 0 Å². The summed E-state index contributed by atoms with van der Waals surface area (Å²) in [4.78, 5) is 0. The van der Waals surface area contributed by atoms with Crippen molar-refractivity contribution < 1.29 is 8.83 Å². The average molecular weight is 323 g/mol. The number of nitrogens with one attached hydrogen (secondary N) is 1. The van der Waals surface area contributed by atoms with Crippen molar-refractivity contribution in [3.63, 3.8) is 0 Å². The van der Waals surface area contributed by atoms with Gasteiger partial charge in [0.15, 0.2) is 10.1 Å². The molecule has 110 valence electrons. The summed E-state index contributed by atoms with van der Waals surface area (Å²) >= 11 is 3.03. The third-order valence-corrected chi connectivity index (χ3v) is 4.45. The lowest BCUT2D eigenvalue weighted by Gasteiger charge is -1.95. The van der Waals surface area contributed by atoms with Crippen molar-refractivity contribution >= 4 is 28.2 Å². The Morgan fingerprint density at radius 2 is 2.24 bits per heavy atom. The Labute approximate surface area is 129 Å². The van der Waals surface area contributed by atoms with Gasteiger partial charge < -0.3 is 14.2 Å². The summed E-state index contributed by atoms with van der Waals surface area (Å²) in [6.07, 6.45) is 2.62. The van der Waals surface area contributed by atoms with Crippen LogP contribution in [0.25, 0.3) is 11.7 Å². The van der Waals surface area contributed by atoms with Crippen LogP contribution in [0.3, 0.4) is 0 Å². The van der Waals surface area contributed by atoms with Crippen LogP contribution in [0.4, 0.5) is 5.13 Å². The van der Waals surface area contributed by atoms with Gasteiger partial charge in [0.05, 0.1) is 12.0 Å². The molecule has 1 N–H and O–H groups in total. The van der Waals surface area contributed by atoms with Crippen molar-refractivity contribution in [2.45, 2.75) is 23.4 Å². The first-order valence-corrected chi connectivity index (χ1v) is 8.22. The van der Waals surface area contributed by atoms with E-state index in [9.17, 15) is 0 Å². The van der Waals surface area contributed by atoms with Crippen LogP contribution in [-0.4, -0.2) is 26.9 Å². The minimum absolute atomic E-state index is 0.387. The van der Waals surface area contributed by atoms with Gasteiger partial charge in [-0.2, -0.15) is 0 Å². The Balaban J connectivity index is 1.56. The number of furan rings is 1. The van der Waals surface area contributed by atoms with Crippen LogP contribution in [0.2, 0.25) is 0 Å². The highest BCUT2D eigenvalue weighted by Crippen LogP contribution is 2.28. The second-order valence-corrected chi connectivity index (χ2v) is 6.27. The van der Waals surface area contributed by atoms with Crippen molar-refractivity contribution in [2.75, 3.05) is 11.9 Å². The van der Waals surface area contributed by atoms with E-state index in [0.717, 1.165) is 22.4 Å².